The summed E-state index contributed by atoms with van der Waals surface area (Å²) in [5.74, 6) is 1.15. The first-order chi connectivity index (χ1) is 11.7. The number of methoxy groups -OCH3 is 1. The number of carbonyl (C=O) groups excluding carboxylic acids is 2. The Morgan fingerprint density at radius 1 is 1.25 bits per heavy atom. The molecular weight excluding hydrogens is 312 g/mol. The summed E-state index contributed by atoms with van der Waals surface area (Å²) >= 11 is 0. The Balaban J connectivity index is 1.48. The van der Waals surface area contributed by atoms with Crippen LogP contribution in [0.3, 0.4) is 0 Å². The monoisotopic (exact) mass is 328 g/mol. The van der Waals surface area contributed by atoms with Gasteiger partial charge in [0, 0.05) is 11.6 Å². The van der Waals surface area contributed by atoms with Gasteiger partial charge in [-0.3, -0.25) is 9.69 Å². The summed E-state index contributed by atoms with van der Waals surface area (Å²) in [5, 5.41) is 3.87. The molecule has 0 spiro atoms. The number of imide groups is 1. The topological polar surface area (TPSA) is 88.8 Å². The first kappa shape index (κ1) is 14.7. The van der Waals surface area contributed by atoms with Gasteiger partial charge in [0.15, 0.2) is 5.82 Å². The van der Waals surface area contributed by atoms with E-state index in [9.17, 15) is 9.59 Å². The molecule has 1 aliphatic heterocycles. The van der Waals surface area contributed by atoms with Gasteiger partial charge in [-0.1, -0.05) is 5.16 Å². The average molecular weight is 328 g/mol. The molecule has 4 rings (SSSR count). The number of rotatable bonds is 5. The highest BCUT2D eigenvalue weighted by Crippen LogP contribution is 2.30. The fraction of sp³-hybridized carbons (Fsp3) is 0.375. The number of nitrogens with zero attached hydrogens (tertiary/aromatic N) is 4. The molecule has 1 aromatic carbocycles. The smallest absolute Gasteiger partial charge is 0.327 e. The molecule has 0 unspecified atom stereocenters. The first-order valence-corrected chi connectivity index (χ1v) is 7.73. The van der Waals surface area contributed by atoms with Crippen molar-refractivity contribution in [2.75, 3.05) is 13.7 Å². The zero-order valence-electron chi connectivity index (χ0n) is 13.1. The summed E-state index contributed by atoms with van der Waals surface area (Å²) in [6.07, 6.45) is 1.94. The lowest BCUT2D eigenvalue weighted by molar-refractivity contribution is -0.125. The van der Waals surface area contributed by atoms with E-state index in [0.717, 1.165) is 24.2 Å². The third-order valence-electron chi connectivity index (χ3n) is 4.18. The molecular formula is C16H16N4O4. The molecule has 1 saturated heterocycles. The molecule has 2 fully saturated rings. The second kappa shape index (κ2) is 5.63. The van der Waals surface area contributed by atoms with Crippen molar-refractivity contribution in [1.82, 2.24) is 19.9 Å². The van der Waals surface area contributed by atoms with Gasteiger partial charge in [0.25, 0.3) is 11.8 Å². The van der Waals surface area contributed by atoms with E-state index >= 15 is 0 Å². The Labute approximate surface area is 138 Å². The van der Waals surface area contributed by atoms with Crippen molar-refractivity contribution >= 4 is 11.9 Å². The SMILES string of the molecule is COc1ccc(-c2nc(CN3C(=O)CN(C4CC4)C3=O)no2)cc1. The highest BCUT2D eigenvalue weighted by atomic mass is 16.5. The van der Waals surface area contributed by atoms with Crippen LogP contribution in [0.1, 0.15) is 18.7 Å². The molecule has 124 valence electrons. The maximum atomic E-state index is 12.3. The molecule has 2 aliphatic rings. The number of ether oxygens (including phenoxy) is 1. The molecule has 1 aliphatic carbocycles. The predicted molar refractivity (Wildman–Crippen MR) is 82.0 cm³/mol. The van der Waals surface area contributed by atoms with Gasteiger partial charge in [0.05, 0.1) is 13.7 Å². The van der Waals surface area contributed by atoms with Crippen LogP contribution in [-0.4, -0.2) is 51.6 Å². The maximum absolute atomic E-state index is 12.3. The molecule has 24 heavy (non-hydrogen) atoms. The summed E-state index contributed by atoms with van der Waals surface area (Å²) in [5.41, 5.74) is 0.744. The third kappa shape index (κ3) is 2.60. The van der Waals surface area contributed by atoms with Crippen molar-refractivity contribution in [2.24, 2.45) is 0 Å². The van der Waals surface area contributed by atoms with Gasteiger partial charge in [-0.05, 0) is 37.1 Å². The number of hydrogen-bond donors (Lipinski definition) is 0. The number of benzene rings is 1. The standard InChI is InChI=1S/C16H16N4O4/c1-23-12-6-2-10(3-7-12)15-17-13(18-24-15)8-20-14(21)9-19(16(20)22)11-4-5-11/h2-3,6-7,11H,4-5,8-9H2,1H3. The third-order valence-corrected chi connectivity index (χ3v) is 4.18. The summed E-state index contributed by atoms with van der Waals surface area (Å²) in [4.78, 5) is 31.4. The molecule has 1 saturated carbocycles. The second-order valence-corrected chi connectivity index (χ2v) is 5.87. The van der Waals surface area contributed by atoms with Gasteiger partial charge in [0.1, 0.15) is 12.3 Å². The van der Waals surface area contributed by atoms with Crippen molar-refractivity contribution in [1.29, 1.82) is 0 Å². The van der Waals surface area contributed by atoms with Crippen molar-refractivity contribution in [3.05, 3.63) is 30.1 Å². The van der Waals surface area contributed by atoms with E-state index < -0.39 is 0 Å². The zero-order chi connectivity index (χ0) is 16.7. The summed E-state index contributed by atoms with van der Waals surface area (Å²) in [6.45, 7) is 0.174. The van der Waals surface area contributed by atoms with E-state index in [0.29, 0.717) is 11.7 Å². The second-order valence-electron chi connectivity index (χ2n) is 5.87. The number of hydrogen-bond acceptors (Lipinski definition) is 6. The number of urea groups is 1. The highest BCUT2D eigenvalue weighted by molar-refractivity contribution is 6.02. The minimum absolute atomic E-state index is 0.0283. The predicted octanol–water partition coefficient (Wildman–Crippen LogP) is 1.67. The van der Waals surface area contributed by atoms with Gasteiger partial charge >= 0.3 is 6.03 Å². The highest BCUT2D eigenvalue weighted by Gasteiger charge is 2.44. The van der Waals surface area contributed by atoms with Crippen LogP contribution >= 0.6 is 0 Å². The van der Waals surface area contributed by atoms with E-state index in [1.165, 1.54) is 4.90 Å². The van der Waals surface area contributed by atoms with Crippen molar-refractivity contribution < 1.29 is 18.8 Å². The van der Waals surface area contributed by atoms with Crippen LogP contribution in [0.5, 0.6) is 5.75 Å². The van der Waals surface area contributed by atoms with E-state index in [1.807, 2.05) is 0 Å². The fourth-order valence-corrected chi connectivity index (χ4v) is 2.70. The molecule has 8 heteroatoms. The minimum atomic E-state index is -0.265. The quantitative estimate of drug-likeness (QED) is 0.776. The van der Waals surface area contributed by atoms with Crippen LogP contribution < -0.4 is 4.74 Å². The Kier molecular flexibility index (Phi) is 3.44. The lowest BCUT2D eigenvalue weighted by Crippen LogP contribution is -2.34. The lowest BCUT2D eigenvalue weighted by Gasteiger charge is -2.14. The fourth-order valence-electron chi connectivity index (χ4n) is 2.70. The molecule has 0 N–H and O–H groups in total. The number of aromatic nitrogens is 2. The van der Waals surface area contributed by atoms with E-state index in [4.69, 9.17) is 9.26 Å². The molecule has 8 nitrogen and oxygen atoms in total. The summed E-state index contributed by atoms with van der Waals surface area (Å²) in [7, 11) is 1.59. The van der Waals surface area contributed by atoms with Gasteiger partial charge in [-0.25, -0.2) is 4.79 Å². The Bertz CT molecular complexity index is 782. The Morgan fingerprint density at radius 2 is 2.00 bits per heavy atom. The van der Waals surface area contributed by atoms with Crippen LogP contribution in [-0.2, 0) is 11.3 Å². The largest absolute Gasteiger partial charge is 0.497 e. The molecule has 2 aromatic rings. The van der Waals surface area contributed by atoms with Crippen molar-refractivity contribution in [3.63, 3.8) is 0 Å². The van der Waals surface area contributed by atoms with E-state index in [-0.39, 0.29) is 31.1 Å². The summed E-state index contributed by atoms with van der Waals surface area (Å²) < 4.78 is 10.3. The Hall–Kier alpha value is -2.90. The number of carbonyl (C=O) groups is 2. The van der Waals surface area contributed by atoms with Gasteiger partial charge in [-0.2, -0.15) is 4.98 Å². The number of amides is 3. The molecule has 2 heterocycles. The zero-order valence-corrected chi connectivity index (χ0v) is 13.1. The van der Waals surface area contributed by atoms with Crippen molar-refractivity contribution in [3.8, 4) is 17.2 Å². The Morgan fingerprint density at radius 3 is 2.67 bits per heavy atom. The molecule has 0 bridgehead atoms. The van der Waals surface area contributed by atoms with Crippen LogP contribution in [0.4, 0.5) is 4.79 Å². The van der Waals surface area contributed by atoms with Crippen LogP contribution in [0.25, 0.3) is 11.5 Å². The normalized spacial score (nSPS) is 17.7. The van der Waals surface area contributed by atoms with E-state index in [1.54, 1.807) is 36.3 Å². The summed E-state index contributed by atoms with van der Waals surface area (Å²) in [6, 6.07) is 7.14. The minimum Gasteiger partial charge on any atom is -0.497 e. The van der Waals surface area contributed by atoms with Crippen LogP contribution in [0, 0.1) is 0 Å². The lowest BCUT2D eigenvalue weighted by atomic mass is 10.2. The average Bonchev–Trinajstić information content (AvgIpc) is 3.28. The first-order valence-electron chi connectivity index (χ1n) is 7.73. The molecule has 0 atom stereocenters. The maximum Gasteiger partial charge on any atom is 0.327 e. The molecule has 3 amide bonds. The van der Waals surface area contributed by atoms with E-state index in [2.05, 4.69) is 10.1 Å². The molecule has 0 radical (unpaired) electrons. The van der Waals surface area contributed by atoms with Crippen LogP contribution in [0.15, 0.2) is 28.8 Å². The molecule has 1 aromatic heterocycles. The van der Waals surface area contributed by atoms with Crippen LogP contribution in [0.2, 0.25) is 0 Å². The van der Waals surface area contributed by atoms with Crippen molar-refractivity contribution in [2.45, 2.75) is 25.4 Å². The van der Waals surface area contributed by atoms with Gasteiger partial charge < -0.3 is 14.2 Å². The van der Waals surface area contributed by atoms with Gasteiger partial charge in [0.2, 0.25) is 0 Å². The van der Waals surface area contributed by atoms with Gasteiger partial charge in [-0.15, -0.1) is 0 Å².